The van der Waals surface area contributed by atoms with E-state index in [4.69, 9.17) is 20.7 Å². The van der Waals surface area contributed by atoms with E-state index in [0.29, 0.717) is 48.8 Å². The molecule has 31 heavy (non-hydrogen) atoms. The number of nitrogens with zero attached hydrogens (tertiary/aromatic N) is 2. The normalized spacial score (nSPS) is 33.9. The Balaban J connectivity index is 0.00000116. The number of fused-ring (bicyclic) bond motifs is 2. The van der Waals surface area contributed by atoms with Crippen LogP contribution in [0.15, 0.2) is 0 Å². The molecule has 3 aliphatic rings. The Labute approximate surface area is 198 Å². The Morgan fingerprint density at radius 2 is 0.903 bits per heavy atom. The third-order valence-electron chi connectivity index (χ3n) is 6.50. The van der Waals surface area contributed by atoms with Gasteiger partial charge in [-0.2, -0.15) is 0 Å². The molecule has 2 aliphatic carbocycles. The third kappa shape index (κ3) is 12.5. The van der Waals surface area contributed by atoms with E-state index in [0.717, 1.165) is 13.1 Å². The van der Waals surface area contributed by atoms with Crippen LogP contribution in [0.4, 0.5) is 0 Å². The van der Waals surface area contributed by atoms with Gasteiger partial charge >= 0.3 is 16.5 Å². The molecule has 0 aromatic carbocycles. The van der Waals surface area contributed by atoms with Gasteiger partial charge in [0.05, 0.1) is 0 Å². The van der Waals surface area contributed by atoms with Crippen LogP contribution in [0, 0.1) is 23.0 Å². The Kier molecular flexibility index (Phi) is 17.8. The topological polar surface area (TPSA) is 142 Å². The van der Waals surface area contributed by atoms with E-state index >= 15 is 0 Å². The second-order valence-corrected chi connectivity index (χ2v) is 8.80. The Bertz CT molecular complexity index is 481. The number of hydrogen-bond acceptors (Lipinski definition) is 8. The van der Waals surface area contributed by atoms with Gasteiger partial charge in [-0.3, -0.25) is 0 Å². The first kappa shape index (κ1) is 29.9. The van der Waals surface area contributed by atoms with Gasteiger partial charge in [-0.05, 0) is 65.5 Å². The fraction of sp³-hybridized carbons (Fsp3) is 0.909. The average molecular weight is 479 g/mol. The van der Waals surface area contributed by atoms with Crippen LogP contribution in [-0.2, 0) is 16.5 Å². The SMILES string of the molecule is C[C@@H]1CCN[C@H]2CCCC[C@@H]2N[C@@H](C)CCN[C@@H]2CCCC[C@H]2N1.N#C[O-].N#C[O-].[Ni+2]. The summed E-state index contributed by atoms with van der Waals surface area (Å²) >= 11 is 0. The summed E-state index contributed by atoms with van der Waals surface area (Å²) in [6.07, 6.45) is 14.4. The van der Waals surface area contributed by atoms with Crippen LogP contribution in [0.5, 0.6) is 0 Å². The van der Waals surface area contributed by atoms with Crippen LogP contribution < -0.4 is 31.5 Å². The van der Waals surface area contributed by atoms with E-state index in [-0.39, 0.29) is 16.5 Å². The molecule has 0 unspecified atom stereocenters. The molecule has 0 radical (unpaired) electrons. The molecule has 0 aromatic heterocycles. The molecule has 0 spiro atoms. The molecule has 2 saturated carbocycles. The molecule has 3 rings (SSSR count). The van der Waals surface area contributed by atoms with Crippen LogP contribution in [0.1, 0.15) is 78.1 Å². The summed E-state index contributed by atoms with van der Waals surface area (Å²) in [7, 11) is 0. The number of rotatable bonds is 0. The van der Waals surface area contributed by atoms with Gasteiger partial charge in [0.1, 0.15) is 0 Å². The summed E-state index contributed by atoms with van der Waals surface area (Å²) in [4.78, 5) is 0. The van der Waals surface area contributed by atoms with Gasteiger partial charge in [-0.1, -0.05) is 25.7 Å². The van der Waals surface area contributed by atoms with Crippen molar-refractivity contribution in [2.24, 2.45) is 0 Å². The zero-order valence-electron chi connectivity index (χ0n) is 19.0. The van der Waals surface area contributed by atoms with Crippen molar-refractivity contribution in [1.82, 2.24) is 21.3 Å². The van der Waals surface area contributed by atoms with Crippen molar-refractivity contribution >= 4 is 0 Å². The molecule has 1 saturated heterocycles. The van der Waals surface area contributed by atoms with Crippen LogP contribution in [0.25, 0.3) is 0 Å². The Morgan fingerprint density at radius 1 is 0.613 bits per heavy atom. The van der Waals surface area contributed by atoms with Crippen molar-refractivity contribution in [3.8, 4) is 12.5 Å². The molecule has 0 bridgehead atoms. The zero-order valence-corrected chi connectivity index (χ0v) is 20.0. The van der Waals surface area contributed by atoms with Gasteiger partial charge < -0.3 is 31.5 Å². The van der Waals surface area contributed by atoms with Gasteiger partial charge in [-0.15, -0.1) is 0 Å². The predicted octanol–water partition coefficient (Wildman–Crippen LogP) is 0.191. The van der Waals surface area contributed by atoms with E-state index in [1.807, 2.05) is 0 Å². The van der Waals surface area contributed by atoms with Gasteiger partial charge in [0.2, 0.25) is 0 Å². The Morgan fingerprint density at radius 3 is 1.23 bits per heavy atom. The van der Waals surface area contributed by atoms with Crippen LogP contribution in [-0.4, -0.2) is 49.3 Å². The van der Waals surface area contributed by atoms with Crippen molar-refractivity contribution in [3.63, 3.8) is 0 Å². The van der Waals surface area contributed by atoms with E-state index in [1.165, 1.54) is 64.2 Å². The van der Waals surface area contributed by atoms with Crippen LogP contribution in [0.2, 0.25) is 0 Å². The molecule has 1 aliphatic heterocycles. The summed E-state index contributed by atoms with van der Waals surface area (Å²) in [6.45, 7) is 7.04. The van der Waals surface area contributed by atoms with E-state index in [1.54, 1.807) is 0 Å². The molecule has 1 heterocycles. The standard InChI is InChI=1S/C20H40N4.2CHNO.Ni/c1-15-11-13-21-18-8-4-6-10-20(18)24-16(2)12-14-22-17-7-3-5-9-19(17)23-15;2*2-1-3;/h15-24H,3-14H2,1-2H3;2*3H;/q;;;+2/p-2/t15-,16+,17-,18+,19-,20+;;;. The average Bonchev–Trinajstić information content (AvgIpc) is 2.71. The Hall–Kier alpha value is -1.09. The molecule has 0 aromatic rings. The van der Waals surface area contributed by atoms with Crippen molar-refractivity contribution in [3.05, 3.63) is 0 Å². The minimum atomic E-state index is 0. The smallest absolute Gasteiger partial charge is 0.812 e. The van der Waals surface area contributed by atoms with Gasteiger partial charge in [-0.25, -0.2) is 10.5 Å². The van der Waals surface area contributed by atoms with Crippen molar-refractivity contribution < 1.29 is 26.7 Å². The van der Waals surface area contributed by atoms with Crippen molar-refractivity contribution in [1.29, 1.82) is 10.5 Å². The molecule has 4 N–H and O–H groups in total. The van der Waals surface area contributed by atoms with Gasteiger partial charge in [0.25, 0.3) is 0 Å². The second-order valence-electron chi connectivity index (χ2n) is 8.80. The van der Waals surface area contributed by atoms with Crippen molar-refractivity contribution in [2.45, 2.75) is 114 Å². The zero-order chi connectivity index (χ0) is 22.2. The maximum atomic E-state index is 8.24. The first-order valence-electron chi connectivity index (χ1n) is 11.6. The minimum absolute atomic E-state index is 0. The predicted molar refractivity (Wildman–Crippen MR) is 114 cm³/mol. The molecule has 9 heteroatoms. The minimum Gasteiger partial charge on any atom is -0.812 e. The maximum absolute atomic E-state index is 8.24. The summed E-state index contributed by atoms with van der Waals surface area (Å²) in [6, 6.07) is 3.91. The maximum Gasteiger partial charge on any atom is 2.00 e. The molecule has 180 valence electrons. The first-order valence-corrected chi connectivity index (χ1v) is 11.6. The van der Waals surface area contributed by atoms with Crippen LogP contribution >= 0.6 is 0 Å². The molecule has 6 atom stereocenters. The summed E-state index contributed by atoms with van der Waals surface area (Å²) in [5.74, 6) is 0. The molecule has 8 nitrogen and oxygen atoms in total. The molecular formula is C22H40N6NiO2. The monoisotopic (exact) mass is 478 g/mol. The van der Waals surface area contributed by atoms with Gasteiger partial charge in [0.15, 0.2) is 0 Å². The summed E-state index contributed by atoms with van der Waals surface area (Å²) in [5, 5.41) is 45.6. The van der Waals surface area contributed by atoms with Crippen LogP contribution in [0.3, 0.4) is 0 Å². The van der Waals surface area contributed by atoms with Gasteiger partial charge in [0, 0.05) is 48.8 Å². The largest absolute Gasteiger partial charge is 2.00 e. The fourth-order valence-corrected chi connectivity index (χ4v) is 5.02. The van der Waals surface area contributed by atoms with E-state index < -0.39 is 0 Å². The second kappa shape index (κ2) is 18.5. The number of hydrogen-bond donors (Lipinski definition) is 4. The number of nitrogens with one attached hydrogen (secondary N) is 4. The quantitative estimate of drug-likeness (QED) is 0.285. The molecular weight excluding hydrogens is 439 g/mol. The van der Waals surface area contributed by atoms with Crippen molar-refractivity contribution in [2.75, 3.05) is 13.1 Å². The summed E-state index contributed by atoms with van der Waals surface area (Å²) in [5.41, 5.74) is 0. The van der Waals surface area contributed by atoms with E-state index in [9.17, 15) is 0 Å². The number of nitriles is 2. The fourth-order valence-electron chi connectivity index (χ4n) is 5.02. The van der Waals surface area contributed by atoms with E-state index in [2.05, 4.69) is 35.1 Å². The molecule has 3 fully saturated rings. The third-order valence-corrected chi connectivity index (χ3v) is 6.50. The molecule has 0 amide bonds. The first-order chi connectivity index (χ1) is 14.5. The summed E-state index contributed by atoms with van der Waals surface area (Å²) < 4.78 is 0.